The largest absolute Gasteiger partial charge is 0.490 e. The zero-order valence-electron chi connectivity index (χ0n) is 17.0. The van der Waals surface area contributed by atoms with Gasteiger partial charge < -0.3 is 19.8 Å². The number of aliphatic hydroxyl groups is 2. The van der Waals surface area contributed by atoms with Crippen LogP contribution in [0, 0.1) is 11.7 Å². The second-order valence-corrected chi connectivity index (χ2v) is 8.08. The first-order valence-corrected chi connectivity index (χ1v) is 10.5. The molecule has 2 unspecified atom stereocenters. The number of aliphatic hydroxyl groups excluding tert-OH is 2. The molecule has 1 saturated heterocycles. The summed E-state index contributed by atoms with van der Waals surface area (Å²) in [6, 6.07) is 20.1. The molecule has 2 atom stereocenters. The van der Waals surface area contributed by atoms with Crippen LogP contribution in [0.2, 0.25) is 0 Å². The second kappa shape index (κ2) is 9.56. The lowest BCUT2D eigenvalue weighted by Gasteiger charge is -2.35. The quantitative estimate of drug-likeness (QED) is 0.615. The molecular formula is C25H28FNO3. The van der Waals surface area contributed by atoms with Crippen molar-refractivity contribution in [2.75, 3.05) is 26.2 Å². The number of piperidine rings is 1. The Bertz CT molecular complexity index is 949. The van der Waals surface area contributed by atoms with E-state index in [9.17, 15) is 14.6 Å². The molecule has 2 N–H and O–H groups in total. The van der Waals surface area contributed by atoms with E-state index in [0.717, 1.165) is 48.0 Å². The first-order chi connectivity index (χ1) is 14.6. The van der Waals surface area contributed by atoms with Gasteiger partial charge in [-0.25, -0.2) is 4.39 Å². The Balaban J connectivity index is 1.25. The predicted octanol–water partition coefficient (Wildman–Crippen LogP) is 4.16. The SMILES string of the molecule is OC(COc1cccc2ccccc12)CN1CCC(C(O)c2ccc(F)cc2)CC1. The van der Waals surface area contributed by atoms with Crippen LogP contribution in [0.15, 0.2) is 66.7 Å². The van der Waals surface area contributed by atoms with Gasteiger partial charge in [-0.2, -0.15) is 0 Å². The zero-order valence-corrected chi connectivity index (χ0v) is 17.0. The summed E-state index contributed by atoms with van der Waals surface area (Å²) < 4.78 is 19.0. The third kappa shape index (κ3) is 4.98. The first-order valence-electron chi connectivity index (χ1n) is 10.5. The smallest absolute Gasteiger partial charge is 0.127 e. The molecule has 30 heavy (non-hydrogen) atoms. The van der Waals surface area contributed by atoms with Gasteiger partial charge in [0.15, 0.2) is 0 Å². The second-order valence-electron chi connectivity index (χ2n) is 8.08. The van der Waals surface area contributed by atoms with Crippen molar-refractivity contribution < 1.29 is 19.3 Å². The van der Waals surface area contributed by atoms with Gasteiger partial charge in [-0.05, 0) is 61.0 Å². The van der Waals surface area contributed by atoms with Gasteiger partial charge in [-0.15, -0.1) is 0 Å². The van der Waals surface area contributed by atoms with Gasteiger partial charge in [0.1, 0.15) is 24.3 Å². The van der Waals surface area contributed by atoms with E-state index in [1.807, 2.05) is 42.5 Å². The van der Waals surface area contributed by atoms with E-state index in [1.165, 1.54) is 12.1 Å². The number of hydrogen-bond donors (Lipinski definition) is 2. The Morgan fingerprint density at radius 3 is 2.40 bits per heavy atom. The van der Waals surface area contributed by atoms with E-state index in [4.69, 9.17) is 4.74 Å². The van der Waals surface area contributed by atoms with Crippen molar-refractivity contribution in [3.63, 3.8) is 0 Å². The summed E-state index contributed by atoms with van der Waals surface area (Å²) in [5, 5.41) is 23.2. The molecule has 0 aliphatic carbocycles. The summed E-state index contributed by atoms with van der Waals surface area (Å²) in [4.78, 5) is 2.21. The summed E-state index contributed by atoms with van der Waals surface area (Å²) in [5.41, 5.74) is 0.762. The molecule has 1 aliphatic rings. The molecule has 0 aromatic heterocycles. The molecule has 0 spiro atoms. The van der Waals surface area contributed by atoms with Crippen molar-refractivity contribution in [2.24, 2.45) is 5.92 Å². The van der Waals surface area contributed by atoms with E-state index in [0.29, 0.717) is 6.54 Å². The van der Waals surface area contributed by atoms with Crippen molar-refractivity contribution in [2.45, 2.75) is 25.0 Å². The number of rotatable bonds is 7. The number of hydrogen-bond acceptors (Lipinski definition) is 4. The van der Waals surface area contributed by atoms with Crippen LogP contribution >= 0.6 is 0 Å². The molecule has 5 heteroatoms. The summed E-state index contributed by atoms with van der Waals surface area (Å²) in [7, 11) is 0. The highest BCUT2D eigenvalue weighted by Gasteiger charge is 2.27. The van der Waals surface area contributed by atoms with Gasteiger partial charge in [0.05, 0.1) is 6.10 Å². The van der Waals surface area contributed by atoms with Crippen LogP contribution in [0.1, 0.15) is 24.5 Å². The van der Waals surface area contributed by atoms with Crippen LogP contribution in [0.3, 0.4) is 0 Å². The standard InChI is InChI=1S/C25H28FNO3/c26-21-10-8-19(9-11-21)25(29)20-12-14-27(15-13-20)16-22(28)17-30-24-7-3-5-18-4-1-2-6-23(18)24/h1-11,20,22,25,28-29H,12-17H2. The summed E-state index contributed by atoms with van der Waals surface area (Å²) in [5.74, 6) is 0.643. The minimum atomic E-state index is -0.581. The maximum absolute atomic E-state index is 13.1. The molecule has 1 fully saturated rings. The van der Waals surface area contributed by atoms with Crippen molar-refractivity contribution in [3.8, 4) is 5.75 Å². The fraction of sp³-hybridized carbons (Fsp3) is 0.360. The van der Waals surface area contributed by atoms with Crippen molar-refractivity contribution in [1.29, 1.82) is 0 Å². The van der Waals surface area contributed by atoms with Gasteiger partial charge >= 0.3 is 0 Å². The lowest BCUT2D eigenvalue weighted by Crippen LogP contribution is -2.41. The van der Waals surface area contributed by atoms with E-state index in [2.05, 4.69) is 4.90 Å². The van der Waals surface area contributed by atoms with Gasteiger partial charge in [0.2, 0.25) is 0 Å². The molecule has 3 aromatic rings. The van der Waals surface area contributed by atoms with Crippen LogP contribution in [-0.2, 0) is 0 Å². The van der Waals surface area contributed by atoms with E-state index >= 15 is 0 Å². The molecule has 4 nitrogen and oxygen atoms in total. The van der Waals surface area contributed by atoms with Crippen LogP contribution in [0.25, 0.3) is 10.8 Å². The van der Waals surface area contributed by atoms with E-state index < -0.39 is 12.2 Å². The number of fused-ring (bicyclic) bond motifs is 1. The van der Waals surface area contributed by atoms with Gasteiger partial charge in [0.25, 0.3) is 0 Å². The van der Waals surface area contributed by atoms with Crippen LogP contribution in [0.4, 0.5) is 4.39 Å². The maximum Gasteiger partial charge on any atom is 0.127 e. The highest BCUT2D eigenvalue weighted by atomic mass is 19.1. The first kappa shape index (κ1) is 20.8. The molecular weight excluding hydrogens is 381 g/mol. The fourth-order valence-electron chi connectivity index (χ4n) is 4.24. The minimum Gasteiger partial charge on any atom is -0.490 e. The van der Waals surface area contributed by atoms with Gasteiger partial charge in [-0.3, -0.25) is 0 Å². The summed E-state index contributed by atoms with van der Waals surface area (Å²) >= 11 is 0. The van der Waals surface area contributed by atoms with Crippen LogP contribution in [0.5, 0.6) is 5.75 Å². The molecule has 0 amide bonds. The van der Waals surface area contributed by atoms with Crippen LogP contribution in [-0.4, -0.2) is 47.5 Å². The van der Waals surface area contributed by atoms with Crippen molar-refractivity contribution >= 4 is 10.8 Å². The Morgan fingerprint density at radius 1 is 0.933 bits per heavy atom. The predicted molar refractivity (Wildman–Crippen MR) is 116 cm³/mol. The Morgan fingerprint density at radius 2 is 1.63 bits per heavy atom. The van der Waals surface area contributed by atoms with Crippen molar-refractivity contribution in [1.82, 2.24) is 4.90 Å². The highest BCUT2D eigenvalue weighted by Crippen LogP contribution is 2.31. The summed E-state index contributed by atoms with van der Waals surface area (Å²) in [6.45, 7) is 2.42. The topological polar surface area (TPSA) is 52.9 Å². The molecule has 0 saturated carbocycles. The van der Waals surface area contributed by atoms with Crippen LogP contribution < -0.4 is 4.74 Å². The zero-order chi connectivity index (χ0) is 20.9. The monoisotopic (exact) mass is 409 g/mol. The number of likely N-dealkylation sites (tertiary alicyclic amines) is 1. The van der Waals surface area contributed by atoms with Gasteiger partial charge in [0, 0.05) is 11.9 Å². The number of benzene rings is 3. The number of halogens is 1. The minimum absolute atomic E-state index is 0.149. The Labute approximate surface area is 176 Å². The molecule has 158 valence electrons. The Hall–Kier alpha value is -2.47. The lowest BCUT2D eigenvalue weighted by atomic mass is 9.87. The molecule has 0 radical (unpaired) electrons. The number of nitrogens with zero attached hydrogens (tertiary/aromatic N) is 1. The normalized spacial score (nSPS) is 17.7. The number of β-amino-alcohol motifs (C(OH)–C–C–N with tert-alkyl or cyclic N) is 1. The molecule has 1 heterocycles. The average Bonchev–Trinajstić information content (AvgIpc) is 2.78. The fourth-order valence-corrected chi connectivity index (χ4v) is 4.24. The average molecular weight is 410 g/mol. The molecule has 0 bridgehead atoms. The highest BCUT2D eigenvalue weighted by molar-refractivity contribution is 5.88. The third-order valence-electron chi connectivity index (χ3n) is 5.94. The molecule has 3 aromatic carbocycles. The Kier molecular flexibility index (Phi) is 6.62. The van der Waals surface area contributed by atoms with Gasteiger partial charge in [-0.1, -0.05) is 48.5 Å². The van der Waals surface area contributed by atoms with E-state index in [1.54, 1.807) is 12.1 Å². The number of ether oxygens (including phenoxy) is 1. The maximum atomic E-state index is 13.1. The lowest BCUT2D eigenvalue weighted by molar-refractivity contribution is 0.0280. The molecule has 1 aliphatic heterocycles. The summed E-state index contributed by atoms with van der Waals surface area (Å²) in [6.07, 6.45) is 0.528. The van der Waals surface area contributed by atoms with E-state index in [-0.39, 0.29) is 18.3 Å². The molecule has 4 rings (SSSR count). The van der Waals surface area contributed by atoms with Crippen molar-refractivity contribution in [3.05, 3.63) is 78.1 Å². The third-order valence-corrected chi connectivity index (χ3v) is 5.94.